The molecule has 1 aliphatic rings. The smallest absolute Gasteiger partial charge is 0.276 e. The van der Waals surface area contributed by atoms with Crippen molar-refractivity contribution in [2.45, 2.75) is 13.0 Å². The molecule has 0 fully saturated rings. The molecule has 4 rings (SSSR count). The molecule has 4 heterocycles. The summed E-state index contributed by atoms with van der Waals surface area (Å²) in [6.45, 7) is 1.04. The van der Waals surface area contributed by atoms with Crippen molar-refractivity contribution < 1.29 is 9.59 Å². The molecule has 128 valence electrons. The van der Waals surface area contributed by atoms with Crippen LogP contribution in [0.15, 0.2) is 23.0 Å². The number of thiophene rings is 1. The summed E-state index contributed by atoms with van der Waals surface area (Å²) in [5.41, 5.74) is 1.90. The van der Waals surface area contributed by atoms with Crippen molar-refractivity contribution in [2.75, 3.05) is 11.9 Å². The second-order valence-corrected chi connectivity index (χ2v) is 7.47. The summed E-state index contributed by atoms with van der Waals surface area (Å²) in [5.74, 6) is -0.309. The number of aryl methyl sites for hydroxylation is 1. The van der Waals surface area contributed by atoms with E-state index in [0.29, 0.717) is 35.9 Å². The zero-order valence-electron chi connectivity index (χ0n) is 13.3. The Balaban J connectivity index is 1.47. The Morgan fingerprint density at radius 3 is 2.96 bits per heavy atom. The van der Waals surface area contributed by atoms with Crippen molar-refractivity contribution in [3.8, 4) is 0 Å². The van der Waals surface area contributed by atoms with Crippen LogP contribution in [0.5, 0.6) is 0 Å². The molecule has 0 unspecified atom stereocenters. The van der Waals surface area contributed by atoms with E-state index in [4.69, 9.17) is 0 Å². The Hall–Kier alpha value is -2.59. The fraction of sp³-hybridized carbons (Fsp3) is 0.267. The Bertz CT molecular complexity index is 930. The van der Waals surface area contributed by atoms with E-state index in [0.717, 1.165) is 10.6 Å². The predicted octanol–water partition coefficient (Wildman–Crippen LogP) is 1.78. The van der Waals surface area contributed by atoms with E-state index in [1.807, 2.05) is 5.38 Å². The van der Waals surface area contributed by atoms with Crippen molar-refractivity contribution in [1.29, 1.82) is 0 Å². The topological polar surface area (TPSA) is 93.0 Å². The highest BCUT2D eigenvalue weighted by Crippen LogP contribution is 2.29. The minimum atomic E-state index is -0.167. The molecule has 3 aromatic heterocycles. The third-order valence-electron chi connectivity index (χ3n) is 3.84. The zero-order chi connectivity index (χ0) is 17.4. The molecule has 1 aliphatic heterocycles. The van der Waals surface area contributed by atoms with Gasteiger partial charge in [0.15, 0.2) is 10.8 Å². The van der Waals surface area contributed by atoms with E-state index in [9.17, 15) is 9.59 Å². The number of anilines is 1. The van der Waals surface area contributed by atoms with Crippen LogP contribution in [0.2, 0.25) is 0 Å². The lowest BCUT2D eigenvalue weighted by Crippen LogP contribution is -2.35. The molecule has 8 nitrogen and oxygen atoms in total. The lowest BCUT2D eigenvalue weighted by molar-refractivity contribution is 0.0730. The van der Waals surface area contributed by atoms with Gasteiger partial charge in [0.1, 0.15) is 0 Å². The number of hydrogen-bond acceptors (Lipinski definition) is 7. The number of nitrogens with one attached hydrogen (secondary N) is 1. The van der Waals surface area contributed by atoms with Gasteiger partial charge < -0.3 is 4.90 Å². The zero-order valence-corrected chi connectivity index (χ0v) is 14.9. The fourth-order valence-electron chi connectivity index (χ4n) is 2.59. The first kappa shape index (κ1) is 15.9. The molecule has 25 heavy (non-hydrogen) atoms. The second kappa shape index (κ2) is 6.37. The maximum absolute atomic E-state index is 12.5. The average Bonchev–Trinajstić information content (AvgIpc) is 3.33. The minimum Gasteiger partial charge on any atom is -0.332 e. The van der Waals surface area contributed by atoms with E-state index in [-0.39, 0.29) is 11.8 Å². The number of fused-ring (bicyclic) bond motifs is 1. The van der Waals surface area contributed by atoms with E-state index >= 15 is 0 Å². The van der Waals surface area contributed by atoms with Gasteiger partial charge in [0.25, 0.3) is 11.8 Å². The third kappa shape index (κ3) is 3.17. The summed E-state index contributed by atoms with van der Waals surface area (Å²) < 4.78 is 1.51. The first-order chi connectivity index (χ1) is 12.1. The molecule has 2 amide bonds. The molecule has 10 heteroatoms. The lowest BCUT2D eigenvalue weighted by Gasteiger charge is -2.25. The second-order valence-electron chi connectivity index (χ2n) is 5.61. The monoisotopic (exact) mass is 374 g/mol. The van der Waals surface area contributed by atoms with Gasteiger partial charge in [-0.15, -0.1) is 5.10 Å². The first-order valence-corrected chi connectivity index (χ1v) is 9.34. The van der Waals surface area contributed by atoms with Gasteiger partial charge in [-0.05, 0) is 11.4 Å². The maximum atomic E-state index is 12.5. The lowest BCUT2D eigenvalue weighted by atomic mass is 10.1. The van der Waals surface area contributed by atoms with Gasteiger partial charge in [-0.25, -0.2) is 4.98 Å². The van der Waals surface area contributed by atoms with Crippen LogP contribution in [-0.4, -0.2) is 43.2 Å². The molecule has 3 aromatic rings. The summed E-state index contributed by atoms with van der Waals surface area (Å²) in [5, 5.41) is 14.7. The van der Waals surface area contributed by atoms with Crippen molar-refractivity contribution >= 4 is 39.6 Å². The number of hydrogen-bond donors (Lipinski definition) is 1. The number of nitrogens with zero attached hydrogens (tertiary/aromatic N) is 5. The molecule has 1 N–H and O–H groups in total. The quantitative estimate of drug-likeness (QED) is 0.754. The van der Waals surface area contributed by atoms with E-state index in [2.05, 4.69) is 20.6 Å². The Labute approximate surface area is 151 Å². The number of amides is 2. The Kier molecular flexibility index (Phi) is 4.06. The van der Waals surface area contributed by atoms with E-state index in [1.165, 1.54) is 27.4 Å². The van der Waals surface area contributed by atoms with Crippen LogP contribution in [0, 0.1) is 0 Å². The number of aromatic nitrogens is 4. The van der Waals surface area contributed by atoms with Crippen molar-refractivity contribution in [3.05, 3.63) is 44.9 Å². The third-order valence-corrected chi connectivity index (χ3v) is 5.53. The molecule has 0 saturated carbocycles. The molecular formula is C15H14N6O2S2. The average molecular weight is 374 g/mol. The van der Waals surface area contributed by atoms with Crippen LogP contribution >= 0.6 is 22.7 Å². The number of thiazole rings is 1. The van der Waals surface area contributed by atoms with Crippen LogP contribution in [0.3, 0.4) is 0 Å². The number of carbonyl (C=O) groups excluding carboxylic acids is 2. The SMILES string of the molecule is Cn1cc(C(=O)N2CCc3nc(NC(=O)c4ccsc4)sc3C2)nn1. The fourth-order valence-corrected chi connectivity index (χ4v) is 4.25. The van der Waals surface area contributed by atoms with Gasteiger partial charge >= 0.3 is 0 Å². The van der Waals surface area contributed by atoms with Crippen LogP contribution in [0.1, 0.15) is 31.4 Å². The highest BCUT2D eigenvalue weighted by atomic mass is 32.1. The largest absolute Gasteiger partial charge is 0.332 e. The molecule has 0 bridgehead atoms. The van der Waals surface area contributed by atoms with Gasteiger partial charge in [-0.3, -0.25) is 19.6 Å². The van der Waals surface area contributed by atoms with Gasteiger partial charge in [-0.1, -0.05) is 16.6 Å². The van der Waals surface area contributed by atoms with Gasteiger partial charge in [0.2, 0.25) is 0 Å². The van der Waals surface area contributed by atoms with Crippen LogP contribution in [-0.2, 0) is 20.0 Å². The van der Waals surface area contributed by atoms with Crippen LogP contribution < -0.4 is 5.32 Å². The molecule has 0 aliphatic carbocycles. The van der Waals surface area contributed by atoms with E-state index in [1.54, 1.807) is 29.6 Å². The highest BCUT2D eigenvalue weighted by molar-refractivity contribution is 7.16. The maximum Gasteiger partial charge on any atom is 0.276 e. The summed E-state index contributed by atoms with van der Waals surface area (Å²) in [6.07, 6.45) is 2.27. The van der Waals surface area contributed by atoms with Crippen LogP contribution in [0.25, 0.3) is 0 Å². The predicted molar refractivity (Wildman–Crippen MR) is 93.8 cm³/mol. The molecule has 0 atom stereocenters. The molecule has 0 aromatic carbocycles. The van der Waals surface area contributed by atoms with Gasteiger partial charge in [0.05, 0.1) is 24.0 Å². The number of carbonyl (C=O) groups is 2. The Morgan fingerprint density at radius 2 is 2.24 bits per heavy atom. The summed E-state index contributed by atoms with van der Waals surface area (Å²) in [4.78, 5) is 31.8. The summed E-state index contributed by atoms with van der Waals surface area (Å²) in [7, 11) is 1.73. The normalized spacial score (nSPS) is 13.6. The van der Waals surface area contributed by atoms with Crippen LogP contribution in [0.4, 0.5) is 5.13 Å². The Morgan fingerprint density at radius 1 is 1.36 bits per heavy atom. The summed E-state index contributed by atoms with van der Waals surface area (Å²) in [6, 6.07) is 1.77. The van der Waals surface area contributed by atoms with Crippen molar-refractivity contribution in [3.63, 3.8) is 0 Å². The number of rotatable bonds is 3. The van der Waals surface area contributed by atoms with Crippen molar-refractivity contribution in [1.82, 2.24) is 24.9 Å². The standard InChI is InChI=1S/C15H14N6O2S2/c1-20-6-11(18-19-20)14(23)21-4-2-10-12(7-21)25-15(16-10)17-13(22)9-3-5-24-8-9/h3,5-6,8H,2,4,7H2,1H3,(H,16,17,22). The first-order valence-electron chi connectivity index (χ1n) is 7.58. The molecule has 0 radical (unpaired) electrons. The molecular weight excluding hydrogens is 360 g/mol. The highest BCUT2D eigenvalue weighted by Gasteiger charge is 2.26. The molecule has 0 spiro atoms. The summed E-state index contributed by atoms with van der Waals surface area (Å²) >= 11 is 2.88. The van der Waals surface area contributed by atoms with Gasteiger partial charge in [-0.2, -0.15) is 11.3 Å². The van der Waals surface area contributed by atoms with Gasteiger partial charge in [0, 0.05) is 30.3 Å². The molecule has 0 saturated heterocycles. The minimum absolute atomic E-state index is 0.143. The van der Waals surface area contributed by atoms with E-state index < -0.39 is 0 Å². The van der Waals surface area contributed by atoms with Crippen molar-refractivity contribution in [2.24, 2.45) is 7.05 Å².